The van der Waals surface area contributed by atoms with E-state index in [1.807, 2.05) is 20.8 Å². The number of halogens is 2. The van der Waals surface area contributed by atoms with Gasteiger partial charge in [-0.15, -0.1) is 0 Å². The number of carbonyl (C=O) groups is 1. The smallest absolute Gasteiger partial charge is 0.256 e. The summed E-state index contributed by atoms with van der Waals surface area (Å²) < 4.78 is 36.7. The van der Waals surface area contributed by atoms with E-state index in [-0.39, 0.29) is 16.0 Å². The summed E-state index contributed by atoms with van der Waals surface area (Å²) in [5.74, 6) is -1.53. The second-order valence-corrected chi connectivity index (χ2v) is 7.97. The number of nitrogens with two attached hydrogens (primary N) is 1. The van der Waals surface area contributed by atoms with Crippen LogP contribution in [-0.4, -0.2) is 32.8 Å². The first kappa shape index (κ1) is 17.9. The van der Waals surface area contributed by atoms with E-state index in [1.54, 1.807) is 0 Å². The van der Waals surface area contributed by atoms with Crippen molar-refractivity contribution in [3.05, 3.63) is 28.5 Å². The Morgan fingerprint density at radius 2 is 1.90 bits per heavy atom. The fourth-order valence-corrected chi connectivity index (χ4v) is 2.99. The minimum Gasteiger partial charge on any atom is -0.341 e. The van der Waals surface area contributed by atoms with Gasteiger partial charge in [0, 0.05) is 13.6 Å². The first-order valence-electron chi connectivity index (χ1n) is 6.10. The molecule has 1 aromatic carbocycles. The zero-order valence-corrected chi connectivity index (χ0v) is 13.8. The Bertz CT molecular complexity index is 669. The number of rotatable bonds is 3. The second kappa shape index (κ2) is 5.90. The van der Waals surface area contributed by atoms with Gasteiger partial charge in [-0.05, 0) is 17.5 Å². The van der Waals surface area contributed by atoms with Crippen molar-refractivity contribution < 1.29 is 17.6 Å². The number of hydrogen-bond donors (Lipinski definition) is 1. The molecule has 0 radical (unpaired) electrons. The molecule has 0 saturated heterocycles. The third-order valence-corrected chi connectivity index (χ3v) is 3.99. The molecule has 1 rings (SSSR count). The van der Waals surface area contributed by atoms with E-state index < -0.39 is 26.6 Å². The lowest BCUT2D eigenvalue weighted by Crippen LogP contribution is -2.35. The first-order valence-corrected chi connectivity index (χ1v) is 8.02. The van der Waals surface area contributed by atoms with Crippen LogP contribution in [0.25, 0.3) is 0 Å². The van der Waals surface area contributed by atoms with Gasteiger partial charge in [0.2, 0.25) is 10.0 Å². The number of primary sulfonamides is 1. The van der Waals surface area contributed by atoms with Crippen LogP contribution in [-0.2, 0) is 10.0 Å². The number of carbonyl (C=O) groups excluding carboxylic acids is 1. The van der Waals surface area contributed by atoms with E-state index in [2.05, 4.69) is 0 Å². The van der Waals surface area contributed by atoms with Gasteiger partial charge in [-0.2, -0.15) is 0 Å². The number of hydrogen-bond acceptors (Lipinski definition) is 3. The Hall–Kier alpha value is -1.18. The Kier molecular flexibility index (Phi) is 5.02. The zero-order chi connectivity index (χ0) is 16.6. The summed E-state index contributed by atoms with van der Waals surface area (Å²) in [5, 5.41) is 4.64. The van der Waals surface area contributed by atoms with Crippen LogP contribution in [0.15, 0.2) is 17.0 Å². The fraction of sp³-hybridized carbons (Fsp3) is 0.462. The van der Waals surface area contributed by atoms with Crippen LogP contribution in [0.2, 0.25) is 5.02 Å². The van der Waals surface area contributed by atoms with Crippen LogP contribution in [0, 0.1) is 11.2 Å². The van der Waals surface area contributed by atoms with Gasteiger partial charge in [0.1, 0.15) is 10.7 Å². The van der Waals surface area contributed by atoms with Gasteiger partial charge in [-0.25, -0.2) is 17.9 Å². The minimum atomic E-state index is -4.14. The summed E-state index contributed by atoms with van der Waals surface area (Å²) in [6, 6.07) is 1.65. The van der Waals surface area contributed by atoms with E-state index in [0.717, 1.165) is 12.1 Å². The van der Waals surface area contributed by atoms with Crippen molar-refractivity contribution in [1.82, 2.24) is 4.90 Å². The van der Waals surface area contributed by atoms with Gasteiger partial charge < -0.3 is 4.90 Å². The molecule has 1 amide bonds. The van der Waals surface area contributed by atoms with Crippen molar-refractivity contribution in [1.29, 1.82) is 0 Å². The average molecular weight is 337 g/mol. The highest BCUT2D eigenvalue weighted by Crippen LogP contribution is 2.25. The largest absolute Gasteiger partial charge is 0.341 e. The first-order chi connectivity index (χ1) is 9.33. The summed E-state index contributed by atoms with van der Waals surface area (Å²) in [4.78, 5) is 13.1. The van der Waals surface area contributed by atoms with Crippen molar-refractivity contribution in [3.8, 4) is 0 Å². The molecule has 0 fully saturated rings. The maximum atomic E-state index is 13.9. The van der Waals surface area contributed by atoms with Gasteiger partial charge in [0.05, 0.1) is 10.6 Å². The third kappa shape index (κ3) is 4.66. The molecule has 0 bridgehead atoms. The SMILES string of the molecule is CN(CC(C)(C)C)C(=O)c1cc(S(N)(=O)=O)c(Cl)cc1F. The maximum Gasteiger partial charge on any atom is 0.256 e. The molecule has 0 aromatic heterocycles. The fourth-order valence-electron chi connectivity index (χ4n) is 1.90. The summed E-state index contributed by atoms with van der Waals surface area (Å²) >= 11 is 5.65. The lowest BCUT2D eigenvalue weighted by atomic mass is 9.96. The van der Waals surface area contributed by atoms with Crippen LogP contribution in [0.4, 0.5) is 4.39 Å². The van der Waals surface area contributed by atoms with Crippen LogP contribution in [0.1, 0.15) is 31.1 Å². The van der Waals surface area contributed by atoms with Crippen molar-refractivity contribution >= 4 is 27.5 Å². The van der Waals surface area contributed by atoms with Gasteiger partial charge in [0.15, 0.2) is 0 Å². The zero-order valence-electron chi connectivity index (χ0n) is 12.3. The van der Waals surface area contributed by atoms with Crippen LogP contribution in [0.5, 0.6) is 0 Å². The molecule has 21 heavy (non-hydrogen) atoms. The van der Waals surface area contributed by atoms with E-state index in [4.69, 9.17) is 16.7 Å². The summed E-state index contributed by atoms with van der Waals surface area (Å²) in [7, 11) is -2.62. The van der Waals surface area contributed by atoms with Crippen LogP contribution in [0.3, 0.4) is 0 Å². The summed E-state index contributed by atoms with van der Waals surface area (Å²) in [5.41, 5.74) is -0.564. The summed E-state index contributed by atoms with van der Waals surface area (Å²) in [6.07, 6.45) is 0. The van der Waals surface area contributed by atoms with Gasteiger partial charge in [-0.3, -0.25) is 4.79 Å². The summed E-state index contributed by atoms with van der Waals surface area (Å²) in [6.45, 7) is 6.14. The lowest BCUT2D eigenvalue weighted by molar-refractivity contribution is 0.0740. The molecular formula is C13H18ClFN2O3S. The molecular weight excluding hydrogens is 319 g/mol. The highest BCUT2D eigenvalue weighted by Gasteiger charge is 2.24. The van der Waals surface area contributed by atoms with Gasteiger partial charge in [-0.1, -0.05) is 32.4 Å². The highest BCUT2D eigenvalue weighted by molar-refractivity contribution is 7.89. The van der Waals surface area contributed by atoms with Gasteiger partial charge in [0.25, 0.3) is 5.91 Å². The van der Waals surface area contributed by atoms with E-state index in [0.29, 0.717) is 6.54 Å². The molecule has 0 aliphatic carbocycles. The Morgan fingerprint density at radius 1 is 1.38 bits per heavy atom. The number of benzene rings is 1. The molecule has 0 aliphatic heterocycles. The molecule has 1 aromatic rings. The molecule has 2 N–H and O–H groups in total. The predicted molar refractivity (Wildman–Crippen MR) is 79.2 cm³/mol. The Labute approximate surface area is 128 Å². The third-order valence-electron chi connectivity index (χ3n) is 2.62. The predicted octanol–water partition coefficient (Wildman–Crippen LogP) is 2.24. The van der Waals surface area contributed by atoms with Crippen LogP contribution < -0.4 is 5.14 Å². The number of nitrogens with zero attached hydrogens (tertiary/aromatic N) is 1. The van der Waals surface area contributed by atoms with Crippen molar-refractivity contribution in [2.45, 2.75) is 25.7 Å². The molecule has 0 spiro atoms. The molecule has 118 valence electrons. The van der Waals surface area contributed by atoms with Gasteiger partial charge >= 0.3 is 0 Å². The molecule has 0 aliphatic rings. The van der Waals surface area contributed by atoms with E-state index >= 15 is 0 Å². The topological polar surface area (TPSA) is 80.5 Å². The molecule has 0 saturated carbocycles. The average Bonchev–Trinajstić information content (AvgIpc) is 2.23. The quantitative estimate of drug-likeness (QED) is 0.919. The molecule has 0 heterocycles. The van der Waals surface area contributed by atoms with Crippen LogP contribution >= 0.6 is 11.6 Å². The molecule has 5 nitrogen and oxygen atoms in total. The van der Waals surface area contributed by atoms with E-state index in [9.17, 15) is 17.6 Å². The normalized spacial score (nSPS) is 12.3. The van der Waals surface area contributed by atoms with Crippen molar-refractivity contribution in [3.63, 3.8) is 0 Å². The Morgan fingerprint density at radius 3 is 2.33 bits per heavy atom. The van der Waals surface area contributed by atoms with Crippen molar-refractivity contribution in [2.75, 3.05) is 13.6 Å². The molecule has 8 heteroatoms. The maximum absolute atomic E-state index is 13.9. The number of amides is 1. The number of sulfonamides is 1. The molecule has 0 atom stereocenters. The van der Waals surface area contributed by atoms with E-state index in [1.165, 1.54) is 11.9 Å². The minimum absolute atomic E-state index is 0.184. The molecule has 0 unspecified atom stereocenters. The Balaban J connectivity index is 3.28. The standard InChI is InChI=1S/C13H18ClFN2O3S/c1-13(2,3)7-17(4)12(18)8-5-11(21(16,19)20)9(14)6-10(8)15/h5-6H,7H2,1-4H3,(H2,16,19,20). The second-order valence-electron chi connectivity index (χ2n) is 6.03. The lowest BCUT2D eigenvalue weighted by Gasteiger charge is -2.27. The highest BCUT2D eigenvalue weighted by atomic mass is 35.5. The monoisotopic (exact) mass is 336 g/mol. The van der Waals surface area contributed by atoms with Crippen molar-refractivity contribution in [2.24, 2.45) is 10.6 Å².